The van der Waals surface area contributed by atoms with Gasteiger partial charge in [-0.15, -0.1) is 0 Å². The highest BCUT2D eigenvalue weighted by Crippen LogP contribution is 2.35. The fourth-order valence-corrected chi connectivity index (χ4v) is 3.99. The number of imidazole rings is 1. The Kier molecular flexibility index (Phi) is 5.33. The normalized spacial score (nSPS) is 19.3. The van der Waals surface area contributed by atoms with Crippen molar-refractivity contribution in [3.63, 3.8) is 0 Å². The van der Waals surface area contributed by atoms with Crippen LogP contribution in [0, 0.1) is 5.92 Å². The molecule has 152 valence electrons. The van der Waals surface area contributed by atoms with E-state index in [1.807, 2.05) is 37.3 Å². The number of nitrogens with one attached hydrogen (secondary N) is 2. The zero-order valence-electron chi connectivity index (χ0n) is 16.4. The molecule has 29 heavy (non-hydrogen) atoms. The predicted octanol–water partition coefficient (Wildman–Crippen LogP) is 3.63. The number of nitrogens with zero attached hydrogens (tertiary/aromatic N) is 3. The molecule has 0 radical (unpaired) electrons. The van der Waals surface area contributed by atoms with Gasteiger partial charge in [0.1, 0.15) is 5.82 Å². The van der Waals surface area contributed by atoms with Gasteiger partial charge in [-0.1, -0.05) is 25.1 Å². The number of para-hydroxylation sites is 1. The summed E-state index contributed by atoms with van der Waals surface area (Å²) in [4.78, 5) is 36.7. The van der Waals surface area contributed by atoms with Gasteiger partial charge in [-0.25, -0.2) is 4.98 Å². The lowest BCUT2D eigenvalue weighted by Crippen LogP contribution is -2.24. The predicted molar refractivity (Wildman–Crippen MR) is 110 cm³/mol. The number of aromatic amines is 1. The van der Waals surface area contributed by atoms with E-state index in [-0.39, 0.29) is 17.4 Å². The van der Waals surface area contributed by atoms with Gasteiger partial charge in [0, 0.05) is 18.2 Å². The van der Waals surface area contributed by atoms with Crippen LogP contribution in [0.3, 0.4) is 0 Å². The van der Waals surface area contributed by atoms with E-state index in [4.69, 9.17) is 0 Å². The summed E-state index contributed by atoms with van der Waals surface area (Å²) in [6, 6.07) is 9.61. The molecule has 1 aliphatic rings. The number of H-pyrrole nitrogens is 1. The van der Waals surface area contributed by atoms with Crippen LogP contribution >= 0.6 is 0 Å². The summed E-state index contributed by atoms with van der Waals surface area (Å²) in [5, 5.41) is 12.4. The molecule has 2 heterocycles. The molecular weight excluding hydrogens is 370 g/mol. The van der Waals surface area contributed by atoms with Crippen molar-refractivity contribution in [2.45, 2.75) is 51.5 Å². The largest absolute Gasteiger partial charge is 0.481 e. The molecule has 0 bridgehead atoms. The number of aliphatic carboxylic acids is 1. The molecule has 1 saturated carbocycles. The van der Waals surface area contributed by atoms with Crippen molar-refractivity contribution in [1.29, 1.82) is 0 Å². The molecule has 8 heteroatoms. The minimum atomic E-state index is -0.728. The molecule has 3 aromatic rings. The second kappa shape index (κ2) is 8.06. The average Bonchev–Trinajstić information content (AvgIpc) is 3.16. The fourth-order valence-electron chi connectivity index (χ4n) is 3.99. The Bertz CT molecular complexity index is 1070. The molecule has 0 aliphatic heterocycles. The fraction of sp³-hybridized carbons (Fsp3) is 0.429. The van der Waals surface area contributed by atoms with Crippen LogP contribution in [0.1, 0.15) is 50.8 Å². The third kappa shape index (κ3) is 3.87. The minimum absolute atomic E-state index is 0.129. The molecule has 0 atom stereocenters. The zero-order valence-corrected chi connectivity index (χ0v) is 16.4. The monoisotopic (exact) mass is 395 g/mol. The van der Waals surface area contributed by atoms with Crippen molar-refractivity contribution in [3.8, 4) is 0 Å². The number of anilines is 2. The number of carboxylic acid groups (broad SMARTS) is 1. The smallest absolute Gasteiger partial charge is 0.306 e. The summed E-state index contributed by atoms with van der Waals surface area (Å²) < 4.78 is 1.64. The van der Waals surface area contributed by atoms with E-state index in [0.29, 0.717) is 36.5 Å². The van der Waals surface area contributed by atoms with Crippen molar-refractivity contribution in [2.24, 2.45) is 5.92 Å². The van der Waals surface area contributed by atoms with Crippen molar-refractivity contribution in [2.75, 3.05) is 5.32 Å². The van der Waals surface area contributed by atoms with E-state index in [9.17, 15) is 14.7 Å². The molecule has 0 amide bonds. The standard InChI is InChI=1S/C21H25N5O3/c1-2-12-26-19(27)16-18(25-21(26)22-15-6-4-3-5-7-15)24-17(23-16)13-8-10-14(11-9-13)20(28)29/h3-7,13-14H,2,8-12H2,1H3,(H,22,25)(H,23,24)(H,28,29). The Labute approximate surface area is 168 Å². The third-order valence-electron chi connectivity index (χ3n) is 5.57. The number of aromatic nitrogens is 4. The Balaban J connectivity index is 1.68. The maximum atomic E-state index is 13.1. The van der Waals surface area contributed by atoms with Crippen molar-refractivity contribution in [3.05, 3.63) is 46.5 Å². The molecule has 0 unspecified atom stereocenters. The highest BCUT2D eigenvalue weighted by Gasteiger charge is 2.29. The van der Waals surface area contributed by atoms with Crippen molar-refractivity contribution >= 4 is 28.8 Å². The maximum absolute atomic E-state index is 13.1. The number of rotatable bonds is 6. The van der Waals surface area contributed by atoms with Gasteiger partial charge in [0.15, 0.2) is 11.2 Å². The lowest BCUT2D eigenvalue weighted by atomic mass is 9.82. The van der Waals surface area contributed by atoms with Gasteiger partial charge in [-0.3, -0.25) is 14.2 Å². The topological polar surface area (TPSA) is 113 Å². The highest BCUT2D eigenvalue weighted by molar-refractivity contribution is 5.72. The van der Waals surface area contributed by atoms with Gasteiger partial charge in [0.05, 0.1) is 5.92 Å². The number of hydrogen-bond acceptors (Lipinski definition) is 5. The van der Waals surface area contributed by atoms with E-state index in [1.165, 1.54) is 0 Å². The Morgan fingerprint density at radius 1 is 1.21 bits per heavy atom. The van der Waals surface area contributed by atoms with Gasteiger partial charge in [0.25, 0.3) is 5.56 Å². The van der Waals surface area contributed by atoms with Crippen molar-refractivity contribution in [1.82, 2.24) is 19.5 Å². The van der Waals surface area contributed by atoms with E-state index in [1.54, 1.807) is 4.57 Å². The lowest BCUT2D eigenvalue weighted by Gasteiger charge is -2.24. The summed E-state index contributed by atoms with van der Waals surface area (Å²) >= 11 is 0. The van der Waals surface area contributed by atoms with Gasteiger partial charge < -0.3 is 15.4 Å². The second-order valence-electron chi connectivity index (χ2n) is 7.59. The number of fused-ring (bicyclic) bond motifs is 1. The first-order chi connectivity index (χ1) is 14.1. The quantitative estimate of drug-likeness (QED) is 0.587. The van der Waals surface area contributed by atoms with Crippen LogP contribution in [0.4, 0.5) is 11.6 Å². The van der Waals surface area contributed by atoms with Crippen LogP contribution in [-0.2, 0) is 11.3 Å². The summed E-state index contributed by atoms with van der Waals surface area (Å²) in [5.41, 5.74) is 1.52. The minimum Gasteiger partial charge on any atom is -0.481 e. The molecule has 0 saturated heterocycles. The number of benzene rings is 1. The SMILES string of the molecule is CCCn1c(Nc2ccccc2)nc2nc(C3CCC(C(=O)O)CC3)[nH]c2c1=O. The summed E-state index contributed by atoms with van der Waals surface area (Å²) in [6.07, 6.45) is 3.55. The van der Waals surface area contributed by atoms with Gasteiger partial charge >= 0.3 is 5.97 Å². The first-order valence-electron chi connectivity index (χ1n) is 10.1. The highest BCUT2D eigenvalue weighted by atomic mass is 16.4. The summed E-state index contributed by atoms with van der Waals surface area (Å²) in [7, 11) is 0. The van der Waals surface area contributed by atoms with E-state index in [0.717, 1.165) is 30.8 Å². The molecule has 4 rings (SSSR count). The van der Waals surface area contributed by atoms with E-state index in [2.05, 4.69) is 20.3 Å². The van der Waals surface area contributed by atoms with Crippen LogP contribution in [0.2, 0.25) is 0 Å². The molecule has 1 aromatic carbocycles. The summed E-state index contributed by atoms with van der Waals surface area (Å²) in [5.74, 6) is 0.326. The van der Waals surface area contributed by atoms with Crippen LogP contribution in [0.25, 0.3) is 11.2 Å². The zero-order chi connectivity index (χ0) is 20.4. The summed E-state index contributed by atoms with van der Waals surface area (Å²) in [6.45, 7) is 2.57. The second-order valence-corrected chi connectivity index (χ2v) is 7.59. The Morgan fingerprint density at radius 2 is 1.93 bits per heavy atom. The molecule has 2 aromatic heterocycles. The molecule has 8 nitrogen and oxygen atoms in total. The first-order valence-corrected chi connectivity index (χ1v) is 10.1. The van der Waals surface area contributed by atoms with Crippen LogP contribution in [0.5, 0.6) is 0 Å². The van der Waals surface area contributed by atoms with Crippen LogP contribution in [-0.4, -0.2) is 30.6 Å². The van der Waals surface area contributed by atoms with Crippen LogP contribution in [0.15, 0.2) is 35.1 Å². The molecule has 1 aliphatic carbocycles. The van der Waals surface area contributed by atoms with E-state index < -0.39 is 5.97 Å². The number of carboxylic acids is 1. The van der Waals surface area contributed by atoms with Crippen molar-refractivity contribution < 1.29 is 9.90 Å². The number of carbonyl (C=O) groups is 1. The molecule has 3 N–H and O–H groups in total. The first kappa shape index (κ1) is 19.2. The van der Waals surface area contributed by atoms with Gasteiger partial charge in [0.2, 0.25) is 5.95 Å². The number of hydrogen-bond donors (Lipinski definition) is 3. The van der Waals surface area contributed by atoms with Gasteiger partial charge in [-0.05, 0) is 44.2 Å². The Hall–Kier alpha value is -3.16. The Morgan fingerprint density at radius 3 is 2.59 bits per heavy atom. The van der Waals surface area contributed by atoms with Gasteiger partial charge in [-0.2, -0.15) is 4.98 Å². The lowest BCUT2D eigenvalue weighted by molar-refractivity contribution is -0.142. The van der Waals surface area contributed by atoms with E-state index >= 15 is 0 Å². The molecular formula is C21H25N5O3. The van der Waals surface area contributed by atoms with Crippen LogP contribution < -0.4 is 10.9 Å². The molecule has 0 spiro atoms. The maximum Gasteiger partial charge on any atom is 0.306 e. The average molecular weight is 395 g/mol. The molecule has 1 fully saturated rings. The third-order valence-corrected chi connectivity index (χ3v) is 5.57.